The summed E-state index contributed by atoms with van der Waals surface area (Å²) >= 11 is 0. The van der Waals surface area contributed by atoms with E-state index in [-0.39, 0.29) is 42.0 Å². The van der Waals surface area contributed by atoms with Crippen molar-refractivity contribution in [1.82, 2.24) is 25.8 Å². The molecule has 8 heteroatoms. The van der Waals surface area contributed by atoms with Gasteiger partial charge in [0.25, 0.3) is 0 Å². The topological polar surface area (TPSA) is 72.0 Å². The molecule has 7 nitrogen and oxygen atoms in total. The number of hydrogen-bond donors (Lipinski definition) is 3. The molecule has 0 aromatic heterocycles. The Morgan fingerprint density at radius 1 is 1.16 bits per heavy atom. The van der Waals surface area contributed by atoms with Crippen molar-refractivity contribution in [1.29, 1.82) is 0 Å². The Morgan fingerprint density at radius 2 is 1.76 bits per heavy atom. The summed E-state index contributed by atoms with van der Waals surface area (Å²) in [5.41, 5.74) is -0.216. The van der Waals surface area contributed by atoms with Crippen molar-refractivity contribution in [2.75, 3.05) is 59.9 Å². The molecule has 0 spiro atoms. The van der Waals surface area contributed by atoms with E-state index in [1.54, 1.807) is 7.05 Å². The summed E-state index contributed by atoms with van der Waals surface area (Å²) in [7, 11) is 3.90. The van der Waals surface area contributed by atoms with Gasteiger partial charge in [-0.25, -0.2) is 0 Å². The minimum absolute atomic E-state index is 0. The van der Waals surface area contributed by atoms with E-state index in [0.29, 0.717) is 11.9 Å². The first-order valence-corrected chi connectivity index (χ1v) is 8.86. The minimum atomic E-state index is -0.216. The Hall–Kier alpha value is -0.610. The van der Waals surface area contributed by atoms with Gasteiger partial charge in [0, 0.05) is 51.9 Å². The molecular formula is C17H37IN6O. The van der Waals surface area contributed by atoms with Gasteiger partial charge in [0.15, 0.2) is 5.96 Å². The highest BCUT2D eigenvalue weighted by Gasteiger charge is 2.17. The molecule has 25 heavy (non-hydrogen) atoms. The maximum atomic E-state index is 11.8. The number of rotatable bonds is 6. The molecule has 0 aromatic rings. The lowest BCUT2D eigenvalue weighted by Crippen LogP contribution is -2.49. The quantitative estimate of drug-likeness (QED) is 0.302. The van der Waals surface area contributed by atoms with Crippen LogP contribution in [-0.2, 0) is 4.79 Å². The second-order valence-corrected chi connectivity index (χ2v) is 7.81. The number of likely N-dealkylation sites (N-methyl/N-ethyl adjacent to an activating group) is 1. The average Bonchev–Trinajstić information content (AvgIpc) is 2.48. The van der Waals surface area contributed by atoms with Gasteiger partial charge in [0.2, 0.25) is 5.91 Å². The molecule has 1 fully saturated rings. The number of nitrogens with one attached hydrogen (secondary N) is 3. The summed E-state index contributed by atoms with van der Waals surface area (Å²) in [5.74, 6) is 1.16. The number of carbonyl (C=O) groups excluding carboxylic acids is 1. The molecule has 1 aliphatic heterocycles. The highest BCUT2D eigenvalue weighted by atomic mass is 127. The Labute approximate surface area is 170 Å². The van der Waals surface area contributed by atoms with Crippen LogP contribution in [0.5, 0.6) is 0 Å². The van der Waals surface area contributed by atoms with Crippen LogP contribution in [0.4, 0.5) is 0 Å². The second kappa shape index (κ2) is 11.9. The van der Waals surface area contributed by atoms with Crippen LogP contribution in [0.15, 0.2) is 4.99 Å². The summed E-state index contributed by atoms with van der Waals surface area (Å²) in [6.45, 7) is 14.9. The van der Waals surface area contributed by atoms with Gasteiger partial charge in [-0.05, 0) is 33.7 Å². The van der Waals surface area contributed by atoms with Crippen LogP contribution >= 0.6 is 24.0 Å². The Morgan fingerprint density at radius 3 is 2.28 bits per heavy atom. The fraction of sp³-hybridized carbons (Fsp3) is 0.882. The minimum Gasteiger partial charge on any atom is -0.356 e. The largest absolute Gasteiger partial charge is 0.356 e. The molecular weight excluding hydrogens is 431 g/mol. The number of carbonyl (C=O) groups is 1. The molecule has 1 saturated heterocycles. The molecule has 0 aromatic carbocycles. The van der Waals surface area contributed by atoms with E-state index in [4.69, 9.17) is 0 Å². The molecule has 1 heterocycles. The lowest BCUT2D eigenvalue weighted by Gasteiger charge is -2.34. The SMILES string of the molecule is CN=C(NCC(=O)NC(C)(C)C)NCC(C)CN1CCN(C)CC1.I. The maximum Gasteiger partial charge on any atom is 0.239 e. The molecule has 1 unspecified atom stereocenters. The van der Waals surface area contributed by atoms with E-state index in [2.05, 4.69) is 44.7 Å². The number of guanidine groups is 1. The Kier molecular flexibility index (Phi) is 11.6. The molecule has 1 aliphatic rings. The van der Waals surface area contributed by atoms with E-state index >= 15 is 0 Å². The van der Waals surface area contributed by atoms with E-state index in [1.807, 2.05) is 20.8 Å². The Balaban J connectivity index is 0.00000576. The first-order chi connectivity index (χ1) is 11.2. The van der Waals surface area contributed by atoms with Crippen molar-refractivity contribution in [3.63, 3.8) is 0 Å². The summed E-state index contributed by atoms with van der Waals surface area (Å²) in [4.78, 5) is 20.9. The number of halogens is 1. The number of aliphatic imine (C=N–C) groups is 1. The zero-order valence-corrected chi connectivity index (χ0v) is 19.0. The Bertz CT molecular complexity index is 416. The molecule has 1 amide bonds. The smallest absolute Gasteiger partial charge is 0.239 e. The van der Waals surface area contributed by atoms with Crippen LogP contribution in [0.3, 0.4) is 0 Å². The van der Waals surface area contributed by atoms with Crippen molar-refractivity contribution in [3.05, 3.63) is 0 Å². The number of amides is 1. The van der Waals surface area contributed by atoms with Gasteiger partial charge < -0.3 is 25.8 Å². The summed E-state index contributed by atoms with van der Waals surface area (Å²) in [5, 5.41) is 9.30. The van der Waals surface area contributed by atoms with Gasteiger partial charge in [0.05, 0.1) is 6.54 Å². The molecule has 0 saturated carbocycles. The van der Waals surface area contributed by atoms with E-state index in [0.717, 1.165) is 39.3 Å². The number of hydrogen-bond acceptors (Lipinski definition) is 4. The number of nitrogens with zero attached hydrogens (tertiary/aromatic N) is 3. The summed E-state index contributed by atoms with van der Waals surface area (Å²) in [6.07, 6.45) is 0. The highest BCUT2D eigenvalue weighted by Crippen LogP contribution is 2.03. The van der Waals surface area contributed by atoms with Crippen molar-refractivity contribution < 1.29 is 4.79 Å². The molecule has 0 radical (unpaired) electrons. The maximum absolute atomic E-state index is 11.8. The van der Waals surface area contributed by atoms with Crippen molar-refractivity contribution in [3.8, 4) is 0 Å². The molecule has 0 aliphatic carbocycles. The van der Waals surface area contributed by atoms with E-state index in [1.165, 1.54) is 0 Å². The second-order valence-electron chi connectivity index (χ2n) is 7.81. The lowest BCUT2D eigenvalue weighted by molar-refractivity contribution is -0.121. The molecule has 3 N–H and O–H groups in total. The highest BCUT2D eigenvalue weighted by molar-refractivity contribution is 14.0. The first kappa shape index (κ1) is 24.4. The molecule has 1 atom stereocenters. The first-order valence-electron chi connectivity index (χ1n) is 8.86. The molecule has 0 bridgehead atoms. The van der Waals surface area contributed by atoms with Crippen molar-refractivity contribution in [2.24, 2.45) is 10.9 Å². The van der Waals surface area contributed by atoms with Gasteiger partial charge in [-0.1, -0.05) is 6.92 Å². The molecule has 148 valence electrons. The van der Waals surface area contributed by atoms with Crippen LogP contribution in [0.1, 0.15) is 27.7 Å². The fourth-order valence-electron chi connectivity index (χ4n) is 2.65. The van der Waals surface area contributed by atoms with Crippen LogP contribution in [0.25, 0.3) is 0 Å². The number of piperazine rings is 1. The van der Waals surface area contributed by atoms with E-state index in [9.17, 15) is 4.79 Å². The van der Waals surface area contributed by atoms with Crippen molar-refractivity contribution in [2.45, 2.75) is 33.2 Å². The van der Waals surface area contributed by atoms with Gasteiger partial charge in [0.1, 0.15) is 0 Å². The van der Waals surface area contributed by atoms with Crippen LogP contribution < -0.4 is 16.0 Å². The monoisotopic (exact) mass is 468 g/mol. The summed E-state index contributed by atoms with van der Waals surface area (Å²) in [6, 6.07) is 0. The predicted octanol–water partition coefficient (Wildman–Crippen LogP) is 0.568. The average molecular weight is 468 g/mol. The predicted molar refractivity (Wildman–Crippen MR) is 116 cm³/mol. The van der Waals surface area contributed by atoms with Crippen LogP contribution in [0.2, 0.25) is 0 Å². The molecule has 1 rings (SSSR count). The van der Waals surface area contributed by atoms with Gasteiger partial charge in [-0.15, -0.1) is 24.0 Å². The normalized spacial score (nSPS) is 18.2. The van der Waals surface area contributed by atoms with Crippen LogP contribution in [-0.4, -0.2) is 87.1 Å². The fourth-order valence-corrected chi connectivity index (χ4v) is 2.65. The van der Waals surface area contributed by atoms with Gasteiger partial charge in [-0.3, -0.25) is 9.79 Å². The third-order valence-corrected chi connectivity index (χ3v) is 3.94. The van der Waals surface area contributed by atoms with Gasteiger partial charge in [-0.2, -0.15) is 0 Å². The van der Waals surface area contributed by atoms with E-state index < -0.39 is 0 Å². The zero-order chi connectivity index (χ0) is 18.2. The standard InChI is InChI=1S/C17H36N6O.HI/c1-14(13-23-9-7-22(6)8-10-23)11-19-16(18-5)20-12-15(24)21-17(2,3)4;/h14H,7-13H2,1-6H3,(H,21,24)(H2,18,19,20);1H. The third-order valence-electron chi connectivity index (χ3n) is 3.94. The lowest BCUT2D eigenvalue weighted by atomic mass is 10.1. The van der Waals surface area contributed by atoms with Crippen LogP contribution in [0, 0.1) is 5.92 Å². The van der Waals surface area contributed by atoms with Crippen molar-refractivity contribution >= 4 is 35.8 Å². The summed E-state index contributed by atoms with van der Waals surface area (Å²) < 4.78 is 0. The third kappa shape index (κ3) is 11.6. The van der Waals surface area contributed by atoms with Gasteiger partial charge >= 0.3 is 0 Å². The zero-order valence-electron chi connectivity index (χ0n) is 16.7.